The van der Waals surface area contributed by atoms with Gasteiger partial charge in [0, 0.05) is 12.7 Å². The smallest absolute Gasteiger partial charge is 0.243 e. The number of benzene rings is 1. The molecule has 3 N–H and O–H groups in total. The number of nitrogens with zero attached hydrogens (tertiary/aromatic N) is 2. The Morgan fingerprint density at radius 1 is 1.38 bits per heavy atom. The average Bonchev–Trinajstić information content (AvgIpc) is 2.81. The molecule has 1 heterocycles. The van der Waals surface area contributed by atoms with Gasteiger partial charge in [-0.2, -0.15) is 5.10 Å². The summed E-state index contributed by atoms with van der Waals surface area (Å²) in [5.74, 6) is -2.30. The van der Waals surface area contributed by atoms with Crippen molar-refractivity contribution in [2.24, 2.45) is 0 Å². The van der Waals surface area contributed by atoms with Gasteiger partial charge in [0.2, 0.25) is 10.0 Å². The Bertz CT molecular complexity index is 759. The SMILES string of the molecule is Cc1cnn(CCNS(=O)(=O)c2ccc(F)c(N)c2F)c1. The van der Waals surface area contributed by atoms with Crippen molar-refractivity contribution < 1.29 is 17.2 Å². The van der Waals surface area contributed by atoms with Crippen molar-refractivity contribution in [2.75, 3.05) is 12.3 Å². The zero-order valence-corrected chi connectivity index (χ0v) is 12.0. The van der Waals surface area contributed by atoms with Crippen molar-refractivity contribution in [2.45, 2.75) is 18.4 Å². The Morgan fingerprint density at radius 3 is 2.71 bits per heavy atom. The van der Waals surface area contributed by atoms with Crippen molar-refractivity contribution in [3.63, 3.8) is 0 Å². The van der Waals surface area contributed by atoms with Gasteiger partial charge in [0.05, 0.1) is 12.7 Å². The number of aryl methyl sites for hydroxylation is 1. The largest absolute Gasteiger partial charge is 0.394 e. The van der Waals surface area contributed by atoms with E-state index in [1.54, 1.807) is 17.1 Å². The van der Waals surface area contributed by atoms with Gasteiger partial charge in [0.15, 0.2) is 5.82 Å². The number of nitrogen functional groups attached to an aromatic ring is 1. The summed E-state index contributed by atoms with van der Waals surface area (Å²) in [5, 5.41) is 3.99. The number of hydrogen-bond donors (Lipinski definition) is 2. The second-order valence-electron chi connectivity index (χ2n) is 4.45. The molecule has 0 aliphatic carbocycles. The molecule has 0 bridgehead atoms. The Morgan fingerprint density at radius 2 is 2.10 bits per heavy atom. The van der Waals surface area contributed by atoms with Crippen LogP contribution in [0.2, 0.25) is 0 Å². The lowest BCUT2D eigenvalue weighted by atomic mass is 10.3. The molecule has 2 rings (SSSR count). The van der Waals surface area contributed by atoms with E-state index in [0.29, 0.717) is 0 Å². The molecule has 0 amide bonds. The number of sulfonamides is 1. The third-order valence-corrected chi connectivity index (χ3v) is 4.25. The number of anilines is 1. The predicted molar refractivity (Wildman–Crippen MR) is 72.9 cm³/mol. The summed E-state index contributed by atoms with van der Waals surface area (Å²) < 4.78 is 54.4. The van der Waals surface area contributed by atoms with E-state index in [1.807, 2.05) is 6.92 Å². The fourth-order valence-corrected chi connectivity index (χ4v) is 2.83. The highest BCUT2D eigenvalue weighted by atomic mass is 32.2. The molecule has 0 saturated heterocycles. The number of aromatic nitrogens is 2. The molecular formula is C12H14F2N4O2S. The molecule has 9 heteroatoms. The quantitative estimate of drug-likeness (QED) is 0.806. The third kappa shape index (κ3) is 3.37. The van der Waals surface area contributed by atoms with Crippen LogP contribution in [0.4, 0.5) is 14.5 Å². The second-order valence-corrected chi connectivity index (χ2v) is 6.19. The maximum absolute atomic E-state index is 13.7. The highest BCUT2D eigenvalue weighted by Crippen LogP contribution is 2.22. The van der Waals surface area contributed by atoms with Gasteiger partial charge in [-0.25, -0.2) is 21.9 Å². The molecule has 0 fully saturated rings. The van der Waals surface area contributed by atoms with E-state index in [2.05, 4.69) is 9.82 Å². The van der Waals surface area contributed by atoms with Gasteiger partial charge in [-0.3, -0.25) is 4.68 Å². The number of nitrogens with two attached hydrogens (primary N) is 1. The zero-order valence-electron chi connectivity index (χ0n) is 11.2. The normalized spacial score (nSPS) is 11.8. The zero-order chi connectivity index (χ0) is 15.6. The molecule has 21 heavy (non-hydrogen) atoms. The molecule has 6 nitrogen and oxygen atoms in total. The molecule has 0 spiro atoms. The first-order chi connectivity index (χ1) is 9.81. The van der Waals surface area contributed by atoms with Gasteiger partial charge in [-0.15, -0.1) is 0 Å². The number of halogens is 2. The molecule has 0 atom stereocenters. The molecule has 1 aromatic heterocycles. The van der Waals surface area contributed by atoms with Crippen LogP contribution in [0.5, 0.6) is 0 Å². The molecular weight excluding hydrogens is 302 g/mol. The minimum atomic E-state index is -4.11. The van der Waals surface area contributed by atoms with Gasteiger partial charge < -0.3 is 5.73 Å². The van der Waals surface area contributed by atoms with E-state index in [9.17, 15) is 17.2 Å². The Labute approximate surface area is 120 Å². The molecule has 1 aromatic carbocycles. The minimum Gasteiger partial charge on any atom is -0.394 e. The first-order valence-corrected chi connectivity index (χ1v) is 7.52. The van der Waals surface area contributed by atoms with Crippen molar-refractivity contribution in [1.82, 2.24) is 14.5 Å². The summed E-state index contributed by atoms with van der Waals surface area (Å²) in [7, 11) is -4.11. The van der Waals surface area contributed by atoms with E-state index >= 15 is 0 Å². The topological polar surface area (TPSA) is 90.0 Å². The van der Waals surface area contributed by atoms with Crippen molar-refractivity contribution in [3.05, 3.63) is 41.7 Å². The van der Waals surface area contributed by atoms with Crippen LogP contribution >= 0.6 is 0 Å². The minimum absolute atomic E-state index is 0.0141. The second kappa shape index (κ2) is 5.78. The van der Waals surface area contributed by atoms with E-state index in [4.69, 9.17) is 5.73 Å². The van der Waals surface area contributed by atoms with Gasteiger partial charge in [0.1, 0.15) is 16.4 Å². The van der Waals surface area contributed by atoms with Crippen LogP contribution in [-0.4, -0.2) is 24.7 Å². The van der Waals surface area contributed by atoms with Crippen LogP contribution in [0, 0.1) is 18.6 Å². The fourth-order valence-electron chi connectivity index (χ4n) is 1.72. The monoisotopic (exact) mass is 316 g/mol. The third-order valence-electron chi connectivity index (χ3n) is 2.78. The predicted octanol–water partition coefficient (Wildman–Crippen LogP) is 1.03. The van der Waals surface area contributed by atoms with E-state index in [1.165, 1.54) is 0 Å². The number of hydrogen-bond acceptors (Lipinski definition) is 4. The van der Waals surface area contributed by atoms with Crippen molar-refractivity contribution in [3.8, 4) is 0 Å². The first kappa shape index (κ1) is 15.4. The van der Waals surface area contributed by atoms with Gasteiger partial charge in [-0.1, -0.05) is 0 Å². The van der Waals surface area contributed by atoms with Crippen LogP contribution in [0.3, 0.4) is 0 Å². The Kier molecular flexibility index (Phi) is 4.24. The van der Waals surface area contributed by atoms with Gasteiger partial charge in [-0.05, 0) is 24.6 Å². The summed E-state index contributed by atoms with van der Waals surface area (Å²) in [6.07, 6.45) is 3.37. The molecule has 0 saturated carbocycles. The van der Waals surface area contributed by atoms with E-state index in [-0.39, 0.29) is 13.1 Å². The molecule has 0 aliphatic heterocycles. The highest BCUT2D eigenvalue weighted by molar-refractivity contribution is 7.89. The lowest BCUT2D eigenvalue weighted by Gasteiger charge is -2.09. The Balaban J connectivity index is 2.10. The van der Waals surface area contributed by atoms with E-state index in [0.717, 1.165) is 17.7 Å². The fraction of sp³-hybridized carbons (Fsp3) is 0.250. The lowest BCUT2D eigenvalue weighted by Crippen LogP contribution is -2.28. The molecule has 0 unspecified atom stereocenters. The standard InChI is InChI=1S/C12H14F2N4O2S/c1-8-6-16-18(7-8)5-4-17-21(19,20)10-3-2-9(13)12(15)11(10)14/h2-3,6-7,17H,4-5,15H2,1H3. The molecule has 114 valence electrons. The highest BCUT2D eigenvalue weighted by Gasteiger charge is 2.22. The van der Waals surface area contributed by atoms with Crippen LogP contribution in [0.15, 0.2) is 29.4 Å². The van der Waals surface area contributed by atoms with Gasteiger partial charge >= 0.3 is 0 Å². The van der Waals surface area contributed by atoms with Crippen LogP contribution < -0.4 is 10.5 Å². The summed E-state index contributed by atoms with van der Waals surface area (Å²) in [6, 6.07) is 1.64. The van der Waals surface area contributed by atoms with Crippen molar-refractivity contribution >= 4 is 15.7 Å². The molecule has 0 aliphatic rings. The summed E-state index contributed by atoms with van der Waals surface area (Å²) >= 11 is 0. The van der Waals surface area contributed by atoms with Crippen LogP contribution in [0.1, 0.15) is 5.56 Å². The average molecular weight is 316 g/mol. The summed E-state index contributed by atoms with van der Waals surface area (Å²) in [6.45, 7) is 2.15. The lowest BCUT2D eigenvalue weighted by molar-refractivity contribution is 0.540. The first-order valence-electron chi connectivity index (χ1n) is 6.03. The van der Waals surface area contributed by atoms with Gasteiger partial charge in [0.25, 0.3) is 0 Å². The number of rotatable bonds is 5. The van der Waals surface area contributed by atoms with Crippen molar-refractivity contribution in [1.29, 1.82) is 0 Å². The molecule has 2 aromatic rings. The van der Waals surface area contributed by atoms with Crippen LogP contribution in [0.25, 0.3) is 0 Å². The van der Waals surface area contributed by atoms with Crippen LogP contribution in [-0.2, 0) is 16.6 Å². The van der Waals surface area contributed by atoms with E-state index < -0.39 is 32.2 Å². The summed E-state index contributed by atoms with van der Waals surface area (Å²) in [5.41, 5.74) is 5.27. The maximum Gasteiger partial charge on any atom is 0.243 e. The molecule has 0 radical (unpaired) electrons. The number of nitrogens with one attached hydrogen (secondary N) is 1. The Hall–Kier alpha value is -2.00. The maximum atomic E-state index is 13.7. The summed E-state index contributed by atoms with van der Waals surface area (Å²) in [4.78, 5) is -0.682.